The smallest absolute Gasteiger partial charge is 0.656 e. The predicted molar refractivity (Wildman–Crippen MR) is 564 cm³/mol. The molecule has 26 heteroatoms. The maximum absolute atomic E-state index is 5.75. The molecule has 8 aliphatic carbocycles. The molecular formula is C116H143N21OOs4. The van der Waals surface area contributed by atoms with Crippen molar-refractivity contribution in [2.24, 2.45) is 21.7 Å². The van der Waals surface area contributed by atoms with Gasteiger partial charge in [0.05, 0.1) is 17.1 Å². The number of rotatable bonds is 25. The minimum Gasteiger partial charge on any atom is -0.656 e. The number of nitrogens with zero attached hydrogens (tertiary/aromatic N) is 21. The van der Waals surface area contributed by atoms with Gasteiger partial charge in [-0.3, -0.25) is 29.9 Å². The minimum atomic E-state index is -0.221. The molecule has 12 heterocycles. The van der Waals surface area contributed by atoms with Crippen LogP contribution in [0.1, 0.15) is 265 Å². The largest absolute Gasteiger partial charge is 4.00 e. The van der Waals surface area contributed by atoms with Gasteiger partial charge in [0.15, 0.2) is 0 Å². The Morgan fingerprint density at radius 2 is 0.704 bits per heavy atom. The van der Waals surface area contributed by atoms with E-state index < -0.39 is 0 Å². The third-order valence-corrected chi connectivity index (χ3v) is 32.6. The van der Waals surface area contributed by atoms with Crippen molar-refractivity contribution in [3.8, 4) is 51.4 Å². The second kappa shape index (κ2) is 47.1. The van der Waals surface area contributed by atoms with E-state index >= 15 is 0 Å². The van der Waals surface area contributed by atoms with Gasteiger partial charge in [0, 0.05) is 133 Å². The Morgan fingerprint density at radius 3 is 1.13 bits per heavy atom. The monoisotopic (exact) mass is 2610 g/mol. The first-order valence-corrected chi connectivity index (χ1v) is 46.5. The van der Waals surface area contributed by atoms with E-state index in [9.17, 15) is 0 Å². The topological polar surface area (TPSA) is 280 Å². The Hall–Kier alpha value is -9.27. The zero-order chi connectivity index (χ0) is 90.4. The summed E-state index contributed by atoms with van der Waals surface area (Å²) in [7, 11) is 0. The molecule has 0 saturated heterocycles. The molecule has 12 aromatic heterocycles. The minimum absolute atomic E-state index is 0. The molecule has 0 aliphatic heterocycles. The Kier molecular flexibility index (Phi) is 39.7. The summed E-state index contributed by atoms with van der Waals surface area (Å²) in [4.78, 5) is 39.7. The number of anilines is 2. The first-order valence-electron chi connectivity index (χ1n) is 46.5. The van der Waals surface area contributed by atoms with Crippen LogP contribution < -0.4 is 30.0 Å². The van der Waals surface area contributed by atoms with Gasteiger partial charge in [-0.25, -0.2) is 9.97 Å². The average molecular weight is 2610 g/mol. The van der Waals surface area contributed by atoms with Crippen molar-refractivity contribution in [1.29, 1.82) is 0 Å². The van der Waals surface area contributed by atoms with Crippen LogP contribution in [0.3, 0.4) is 0 Å². The Balaban J connectivity index is 0.000000251. The van der Waals surface area contributed by atoms with Crippen LogP contribution in [0, 0.1) is 81.1 Å². The molecule has 8 atom stereocenters. The van der Waals surface area contributed by atoms with Gasteiger partial charge in [-0.15, -0.1) is 39.3 Å². The third kappa shape index (κ3) is 21.1. The number of fused-ring (bicyclic) bond motifs is 21. The number of aromatic nitrogens is 16. The van der Waals surface area contributed by atoms with Gasteiger partial charge in [0.25, 0.3) is 0 Å². The Morgan fingerprint density at radius 1 is 0.352 bits per heavy atom. The first kappa shape index (κ1) is 120. The number of ether oxygens (including phenoxy) is 1. The molecular weight excluding hydrogens is 2460 g/mol. The van der Waals surface area contributed by atoms with E-state index in [1.165, 1.54) is 102 Å². The van der Waals surface area contributed by atoms with Gasteiger partial charge < -0.3 is 131 Å². The van der Waals surface area contributed by atoms with Crippen LogP contribution in [-0.4, -0.2) is 86.8 Å². The summed E-state index contributed by atoms with van der Waals surface area (Å²) >= 11 is 0. The van der Waals surface area contributed by atoms with Crippen molar-refractivity contribution in [3.63, 3.8) is 0 Å². The molecule has 4 fully saturated rings. The van der Waals surface area contributed by atoms with Crippen LogP contribution in [0.5, 0.6) is 5.88 Å². The summed E-state index contributed by atoms with van der Waals surface area (Å²) in [5, 5.41) is 58.6. The second-order valence-corrected chi connectivity index (χ2v) is 41.6. The van der Waals surface area contributed by atoms with Crippen LogP contribution >= 0.6 is 0 Å². The fraction of sp³-hybridized carbons (Fsp3) is 0.397. The normalized spacial score (nSPS) is 21.0. The molecule has 142 heavy (non-hydrogen) atoms. The third-order valence-electron chi connectivity index (χ3n) is 32.6. The van der Waals surface area contributed by atoms with E-state index in [0.29, 0.717) is 75.5 Å². The van der Waals surface area contributed by atoms with Gasteiger partial charge in [-0.05, 0) is 232 Å². The van der Waals surface area contributed by atoms with Gasteiger partial charge in [0.1, 0.15) is 5.82 Å². The predicted octanol–water partition coefficient (Wildman–Crippen LogP) is 26.7. The first-order chi connectivity index (χ1) is 62.5. The SMILES string of the molecule is CC(C)(C[N-]Cc1ccccn1)c1cc2ccccc2c(-c2[n-]nc3c2C2CCC3(C)C2(C)C)n1.CC(C)(C[N-]Cc1ccccn1)c1cccc(-c2[n-]nc3c2C2CCC3(C)C2(C)C)n1.CC12CCC(c3c1n[n-]c3-c1cccc(N(C[N-]Cc3ccccn3)c3ccccc3)n1)C2(C)C.CC12CCC(c3c1n[n-]c3-c1cccc(OC[N-]Cc3ccccn3)n1)C2(C)C.[CH3-].[CH3-].[CH3-].[CH3-].[CH3-].[CH3-].[CH3-].[CH3-].[Os+4].[Os+4].[Os+4].[Os+4]. The van der Waals surface area contributed by atoms with Gasteiger partial charge in [0.2, 0.25) is 5.88 Å². The Bertz CT molecular complexity index is 6420. The van der Waals surface area contributed by atoms with Crippen LogP contribution in [0.4, 0.5) is 11.5 Å². The zero-order valence-corrected chi connectivity index (χ0v) is 97.7. The molecule has 0 radical (unpaired) electrons. The summed E-state index contributed by atoms with van der Waals surface area (Å²) in [6.45, 7) is 41.8. The molecule has 22 rings (SSSR count). The summed E-state index contributed by atoms with van der Waals surface area (Å²) in [5.74, 6) is 3.38. The molecule has 0 amide bonds. The average Bonchev–Trinajstić information content (AvgIpc) is 1.51. The molecule has 0 spiro atoms. The van der Waals surface area contributed by atoms with E-state index in [0.717, 1.165) is 96.6 Å². The molecule has 8 aliphatic rings. The number of pyridine rings is 8. The van der Waals surface area contributed by atoms with E-state index in [1.54, 1.807) is 12.4 Å². The fourth-order valence-electron chi connectivity index (χ4n) is 23.2. The molecule has 0 N–H and O–H groups in total. The van der Waals surface area contributed by atoms with Crippen molar-refractivity contribution in [1.82, 2.24) is 80.7 Å². The van der Waals surface area contributed by atoms with Crippen molar-refractivity contribution in [3.05, 3.63) is 373 Å². The fourth-order valence-corrected chi connectivity index (χ4v) is 23.2. The van der Waals surface area contributed by atoms with E-state index in [1.807, 2.05) is 128 Å². The van der Waals surface area contributed by atoms with Crippen molar-refractivity contribution in [2.45, 2.75) is 244 Å². The maximum atomic E-state index is 5.75. The second-order valence-electron chi connectivity index (χ2n) is 41.6. The van der Waals surface area contributed by atoms with Crippen LogP contribution in [0.15, 0.2) is 213 Å². The molecule has 22 nitrogen and oxygen atoms in total. The van der Waals surface area contributed by atoms with Crippen molar-refractivity contribution < 1.29 is 83.9 Å². The summed E-state index contributed by atoms with van der Waals surface area (Å²) in [6.07, 6.45) is 16.8. The number of hydrogen-bond donors (Lipinski definition) is 0. The van der Waals surface area contributed by atoms with Crippen LogP contribution in [-0.2, 0) is 138 Å². The molecule has 750 valence electrons. The maximum Gasteiger partial charge on any atom is 4.00 e. The van der Waals surface area contributed by atoms with Crippen molar-refractivity contribution in [2.75, 3.05) is 31.4 Å². The molecule has 2 aromatic carbocycles. The van der Waals surface area contributed by atoms with Gasteiger partial charge in [-0.1, -0.05) is 225 Å². The molecule has 8 unspecified atom stereocenters. The molecule has 4 saturated carbocycles. The molecule has 14 aromatic rings. The number of para-hydroxylation sites is 1. The van der Waals surface area contributed by atoms with Crippen LogP contribution in [0.2, 0.25) is 0 Å². The standard InChI is InChI=1S/C30H33N5.C29H30N6.C26H31N5.C23H25N5O.8CH3.4Os/c1-28(2,18-31-17-20-11-8-9-15-32-20)23-16-19-10-6-7-12-21(19)25(33-23)26-24-22-13-14-30(5,29(22,3)4)27(24)35-34-26;1-28(2)22-15-16-29(28,3)27-25(22)26(33-34-27)23-13-9-14-24(32-23)35(21-11-5-4-6-12-21)19-30-18-20-10-7-8-17-31-20;1-24(2,16-27-15-17-9-6-7-14-28-17)20-11-8-10-19(29-20)22-21-18-12-13-26(5,25(18,3)4)23(21)31-30-22;1-22(2)16-10-11-23(22,3)21-19(16)20(27-28-21)17-8-6-9-18(26-17)29-14-24-13-15-7-4-5-12-25-15;;;;;;;;;;;;/h6-12,15-16,22H,13-14,17-18H2,1-5H3;4-14,17,22H,15-16,18-19H2,1-3H3;6-11,14,18H,12-13,15-16H2,1-5H3;4-9,12,16H,10-11,13-14H2,1-3H3;8*1H3;;;;/q4*-2;8*-1;4*+4. The van der Waals surface area contributed by atoms with E-state index in [4.69, 9.17) is 55.9 Å². The summed E-state index contributed by atoms with van der Waals surface area (Å²) in [6, 6.07) is 62.9. The quantitative estimate of drug-likeness (QED) is 0.0379. The van der Waals surface area contributed by atoms with Gasteiger partial charge in [-0.2, -0.15) is 0 Å². The zero-order valence-electron chi connectivity index (χ0n) is 87.5. The molecule has 8 bridgehead atoms. The number of hydrogen-bond acceptors (Lipinski definition) is 14. The van der Waals surface area contributed by atoms with E-state index in [2.05, 4.69) is 239 Å². The summed E-state index contributed by atoms with van der Waals surface area (Å²) in [5.41, 5.74) is 25.4. The van der Waals surface area contributed by atoms with Crippen molar-refractivity contribution >= 4 is 22.3 Å². The Labute approximate surface area is 901 Å². The van der Waals surface area contributed by atoms with E-state index in [-0.39, 0.29) is 199 Å². The number of benzene rings is 2. The van der Waals surface area contributed by atoms with Crippen LogP contribution in [0.25, 0.3) is 77.6 Å². The summed E-state index contributed by atoms with van der Waals surface area (Å²) < 4.78 is 5.75. The van der Waals surface area contributed by atoms with Gasteiger partial charge >= 0.3 is 79.2 Å².